The Morgan fingerprint density at radius 1 is 1.54 bits per heavy atom. The highest BCUT2D eigenvalue weighted by atomic mass is 32.2. The molecule has 76 valence electrons. The number of thioether (sulfide) groups is 1. The van der Waals surface area contributed by atoms with E-state index in [2.05, 4.69) is 0 Å². The van der Waals surface area contributed by atoms with Crippen molar-refractivity contribution in [2.24, 2.45) is 5.73 Å². The molecule has 0 aromatic rings. The lowest BCUT2D eigenvalue weighted by atomic mass is 10.1. The summed E-state index contributed by atoms with van der Waals surface area (Å²) in [5, 5.41) is 0.0920. The maximum atomic E-state index is 11.7. The minimum atomic E-state index is 0.0920. The first kappa shape index (κ1) is 10.9. The van der Waals surface area contributed by atoms with E-state index in [-0.39, 0.29) is 11.2 Å². The number of piperidine rings is 1. The van der Waals surface area contributed by atoms with E-state index < -0.39 is 0 Å². The van der Waals surface area contributed by atoms with Gasteiger partial charge in [0, 0.05) is 19.1 Å². The average molecular weight is 202 g/mol. The molecule has 1 aliphatic rings. The summed E-state index contributed by atoms with van der Waals surface area (Å²) in [6, 6.07) is 0.300. The van der Waals surface area contributed by atoms with Crippen molar-refractivity contribution in [2.75, 3.05) is 19.3 Å². The Hall–Kier alpha value is -0.220. The van der Waals surface area contributed by atoms with Crippen molar-refractivity contribution >= 4 is 17.7 Å². The van der Waals surface area contributed by atoms with Gasteiger partial charge >= 0.3 is 0 Å². The summed E-state index contributed by atoms with van der Waals surface area (Å²) in [6.45, 7) is 3.64. The predicted molar refractivity (Wildman–Crippen MR) is 56.8 cm³/mol. The summed E-state index contributed by atoms with van der Waals surface area (Å²) in [4.78, 5) is 13.6. The van der Waals surface area contributed by atoms with E-state index in [0.717, 1.165) is 25.9 Å². The van der Waals surface area contributed by atoms with Crippen molar-refractivity contribution in [2.45, 2.75) is 31.1 Å². The second-order valence-electron chi connectivity index (χ2n) is 3.54. The minimum absolute atomic E-state index is 0.0920. The van der Waals surface area contributed by atoms with Gasteiger partial charge in [0.2, 0.25) is 5.91 Å². The Morgan fingerprint density at radius 3 is 2.54 bits per heavy atom. The predicted octanol–water partition coefficient (Wildman–Crippen LogP) is 0.688. The largest absolute Gasteiger partial charge is 0.342 e. The van der Waals surface area contributed by atoms with Crippen LogP contribution in [-0.2, 0) is 4.79 Å². The van der Waals surface area contributed by atoms with Crippen LogP contribution in [0.1, 0.15) is 19.8 Å². The van der Waals surface area contributed by atoms with Crippen molar-refractivity contribution in [3.05, 3.63) is 0 Å². The lowest BCUT2D eigenvalue weighted by Gasteiger charge is -2.31. The molecule has 0 spiro atoms. The normalized spacial score (nSPS) is 21.6. The van der Waals surface area contributed by atoms with E-state index in [1.165, 1.54) is 0 Å². The van der Waals surface area contributed by atoms with E-state index in [1.807, 2.05) is 18.1 Å². The number of nitrogens with zero attached hydrogens (tertiary/aromatic N) is 1. The van der Waals surface area contributed by atoms with E-state index in [9.17, 15) is 4.79 Å². The van der Waals surface area contributed by atoms with E-state index in [1.54, 1.807) is 11.8 Å². The topological polar surface area (TPSA) is 46.3 Å². The Morgan fingerprint density at radius 2 is 2.08 bits per heavy atom. The number of likely N-dealkylation sites (tertiary alicyclic amines) is 1. The number of rotatable bonds is 2. The zero-order valence-electron chi connectivity index (χ0n) is 8.32. The molecule has 0 aromatic heterocycles. The summed E-state index contributed by atoms with van der Waals surface area (Å²) in [6.07, 6.45) is 3.87. The zero-order chi connectivity index (χ0) is 9.84. The fourth-order valence-electron chi connectivity index (χ4n) is 1.48. The highest BCUT2D eigenvalue weighted by Crippen LogP contribution is 2.14. The van der Waals surface area contributed by atoms with Crippen molar-refractivity contribution < 1.29 is 4.79 Å². The van der Waals surface area contributed by atoms with Gasteiger partial charge in [-0.3, -0.25) is 4.79 Å². The van der Waals surface area contributed by atoms with Gasteiger partial charge in [-0.25, -0.2) is 0 Å². The van der Waals surface area contributed by atoms with Crippen LogP contribution in [0, 0.1) is 0 Å². The molecule has 1 aliphatic heterocycles. The molecule has 4 heteroatoms. The molecule has 2 N–H and O–H groups in total. The van der Waals surface area contributed by atoms with Gasteiger partial charge in [0.1, 0.15) is 0 Å². The van der Waals surface area contributed by atoms with Crippen LogP contribution in [0.3, 0.4) is 0 Å². The number of nitrogens with two attached hydrogens (primary N) is 1. The monoisotopic (exact) mass is 202 g/mol. The van der Waals surface area contributed by atoms with E-state index in [4.69, 9.17) is 5.73 Å². The summed E-state index contributed by atoms with van der Waals surface area (Å²) >= 11 is 1.60. The van der Waals surface area contributed by atoms with Crippen LogP contribution in [0.5, 0.6) is 0 Å². The summed E-state index contributed by atoms with van der Waals surface area (Å²) < 4.78 is 0. The molecular weight excluding hydrogens is 184 g/mol. The van der Waals surface area contributed by atoms with Crippen LogP contribution < -0.4 is 5.73 Å². The Balaban J connectivity index is 2.40. The number of hydrogen-bond donors (Lipinski definition) is 1. The Labute approximate surface area is 84.0 Å². The van der Waals surface area contributed by atoms with Gasteiger partial charge in [-0.05, 0) is 26.0 Å². The molecule has 1 rings (SSSR count). The van der Waals surface area contributed by atoms with Crippen molar-refractivity contribution in [3.63, 3.8) is 0 Å². The molecule has 1 heterocycles. The molecule has 0 aromatic carbocycles. The first-order chi connectivity index (χ1) is 6.15. The highest BCUT2D eigenvalue weighted by molar-refractivity contribution is 7.99. The molecule has 1 amide bonds. The van der Waals surface area contributed by atoms with Crippen molar-refractivity contribution in [1.82, 2.24) is 4.90 Å². The molecule has 3 nitrogen and oxygen atoms in total. The lowest BCUT2D eigenvalue weighted by Crippen LogP contribution is -2.45. The molecule has 0 radical (unpaired) electrons. The van der Waals surface area contributed by atoms with Crippen LogP contribution in [0.25, 0.3) is 0 Å². The highest BCUT2D eigenvalue weighted by Gasteiger charge is 2.23. The summed E-state index contributed by atoms with van der Waals surface area (Å²) in [7, 11) is 0. The second kappa shape index (κ2) is 4.86. The minimum Gasteiger partial charge on any atom is -0.342 e. The SMILES string of the molecule is CSC(C)C(=O)N1CCC(N)CC1. The third kappa shape index (κ3) is 2.88. The smallest absolute Gasteiger partial charge is 0.235 e. The number of hydrogen-bond acceptors (Lipinski definition) is 3. The van der Waals surface area contributed by atoms with Crippen LogP contribution in [0.4, 0.5) is 0 Å². The van der Waals surface area contributed by atoms with Gasteiger partial charge in [0.05, 0.1) is 5.25 Å². The van der Waals surface area contributed by atoms with Gasteiger partial charge in [-0.15, -0.1) is 0 Å². The molecule has 1 fully saturated rings. The summed E-state index contributed by atoms with van der Waals surface area (Å²) in [5.74, 6) is 0.263. The third-order valence-electron chi connectivity index (χ3n) is 2.55. The Bertz CT molecular complexity index is 178. The summed E-state index contributed by atoms with van der Waals surface area (Å²) in [5.41, 5.74) is 5.76. The molecule has 0 bridgehead atoms. The van der Waals surface area contributed by atoms with E-state index in [0.29, 0.717) is 6.04 Å². The molecule has 13 heavy (non-hydrogen) atoms. The number of amides is 1. The fourth-order valence-corrected chi connectivity index (χ4v) is 1.83. The number of carbonyl (C=O) groups excluding carboxylic acids is 1. The van der Waals surface area contributed by atoms with E-state index >= 15 is 0 Å². The van der Waals surface area contributed by atoms with Gasteiger partial charge in [0.15, 0.2) is 0 Å². The maximum absolute atomic E-state index is 11.7. The maximum Gasteiger partial charge on any atom is 0.235 e. The lowest BCUT2D eigenvalue weighted by molar-refractivity contribution is -0.131. The van der Waals surface area contributed by atoms with Gasteiger partial charge in [0.25, 0.3) is 0 Å². The zero-order valence-corrected chi connectivity index (χ0v) is 9.14. The van der Waals surface area contributed by atoms with Gasteiger partial charge < -0.3 is 10.6 Å². The molecular formula is C9H18N2OS. The fraction of sp³-hybridized carbons (Fsp3) is 0.889. The van der Waals surface area contributed by atoms with Crippen molar-refractivity contribution in [3.8, 4) is 0 Å². The van der Waals surface area contributed by atoms with Gasteiger partial charge in [-0.1, -0.05) is 0 Å². The molecule has 0 saturated carbocycles. The molecule has 1 unspecified atom stereocenters. The molecule has 1 atom stereocenters. The molecule has 1 saturated heterocycles. The van der Waals surface area contributed by atoms with Crippen LogP contribution >= 0.6 is 11.8 Å². The average Bonchev–Trinajstić information content (AvgIpc) is 2.17. The Kier molecular flexibility index (Phi) is 4.06. The number of carbonyl (C=O) groups is 1. The molecule has 0 aliphatic carbocycles. The van der Waals surface area contributed by atoms with Crippen LogP contribution in [0.2, 0.25) is 0 Å². The first-order valence-electron chi connectivity index (χ1n) is 4.72. The van der Waals surface area contributed by atoms with Crippen LogP contribution in [-0.4, -0.2) is 41.4 Å². The third-order valence-corrected chi connectivity index (χ3v) is 3.46. The quantitative estimate of drug-likeness (QED) is 0.716. The second-order valence-corrected chi connectivity index (χ2v) is 4.72. The first-order valence-corrected chi connectivity index (χ1v) is 6.01. The van der Waals surface area contributed by atoms with Gasteiger partial charge in [-0.2, -0.15) is 11.8 Å². The van der Waals surface area contributed by atoms with Crippen LogP contribution in [0.15, 0.2) is 0 Å². The standard InChI is InChI=1S/C9H18N2OS/c1-7(13-2)9(12)11-5-3-8(10)4-6-11/h7-8H,3-6,10H2,1-2H3. The van der Waals surface area contributed by atoms with Crippen molar-refractivity contribution in [1.29, 1.82) is 0 Å².